The maximum Gasteiger partial charge on any atom is 0.127 e. The summed E-state index contributed by atoms with van der Waals surface area (Å²) in [4.78, 5) is 2.26. The van der Waals surface area contributed by atoms with E-state index in [0.717, 1.165) is 24.9 Å². The van der Waals surface area contributed by atoms with Crippen molar-refractivity contribution in [1.29, 1.82) is 0 Å². The predicted molar refractivity (Wildman–Crippen MR) is 75.2 cm³/mol. The van der Waals surface area contributed by atoms with E-state index in [4.69, 9.17) is 0 Å². The Morgan fingerprint density at radius 2 is 2.00 bits per heavy atom. The Bertz CT molecular complexity index is 348. The summed E-state index contributed by atoms with van der Waals surface area (Å²) in [6, 6.07) is 7.58. The quantitative estimate of drug-likeness (QED) is 0.801. The number of benzene rings is 1. The third kappa shape index (κ3) is 3.79. The maximum absolute atomic E-state index is 13.8. The Morgan fingerprint density at radius 3 is 2.56 bits per heavy atom. The van der Waals surface area contributed by atoms with Gasteiger partial charge in [0.25, 0.3) is 0 Å². The van der Waals surface area contributed by atoms with Gasteiger partial charge in [-0.15, -0.1) is 0 Å². The first-order valence-corrected chi connectivity index (χ1v) is 6.72. The summed E-state index contributed by atoms with van der Waals surface area (Å²) in [5.74, 6) is -0.114. The molecule has 1 rings (SSSR count). The highest BCUT2D eigenvalue weighted by Crippen LogP contribution is 2.24. The van der Waals surface area contributed by atoms with Crippen LogP contribution in [-0.2, 0) is 0 Å². The third-order valence-corrected chi connectivity index (χ3v) is 3.60. The van der Waals surface area contributed by atoms with Gasteiger partial charge in [0.05, 0.1) is 0 Å². The monoisotopic (exact) mass is 252 g/mol. The molecule has 2 unspecified atom stereocenters. The maximum atomic E-state index is 13.8. The molecule has 0 saturated heterocycles. The van der Waals surface area contributed by atoms with Crippen LogP contribution in [0.25, 0.3) is 0 Å². The van der Waals surface area contributed by atoms with Crippen molar-refractivity contribution in [3.63, 3.8) is 0 Å². The molecule has 3 heteroatoms. The molecule has 1 aromatic rings. The van der Waals surface area contributed by atoms with Gasteiger partial charge in [-0.05, 0) is 33.5 Å². The average Bonchev–Trinajstić information content (AvgIpc) is 2.37. The van der Waals surface area contributed by atoms with E-state index in [1.54, 1.807) is 6.07 Å². The van der Waals surface area contributed by atoms with Gasteiger partial charge >= 0.3 is 0 Å². The van der Waals surface area contributed by atoms with Gasteiger partial charge in [-0.2, -0.15) is 0 Å². The van der Waals surface area contributed by atoms with Crippen LogP contribution in [0.2, 0.25) is 0 Å². The van der Waals surface area contributed by atoms with Crippen LogP contribution in [0.4, 0.5) is 4.39 Å². The second kappa shape index (κ2) is 7.49. The van der Waals surface area contributed by atoms with Gasteiger partial charge in [0.1, 0.15) is 5.82 Å². The number of hydrogen-bond donors (Lipinski definition) is 1. The van der Waals surface area contributed by atoms with Crippen LogP contribution in [0, 0.1) is 5.82 Å². The Kier molecular flexibility index (Phi) is 6.30. The Morgan fingerprint density at radius 1 is 1.33 bits per heavy atom. The van der Waals surface area contributed by atoms with Gasteiger partial charge in [-0.3, -0.25) is 4.90 Å². The van der Waals surface area contributed by atoms with Crippen LogP contribution < -0.4 is 5.32 Å². The minimum Gasteiger partial charge on any atom is -0.318 e. The van der Waals surface area contributed by atoms with Crippen molar-refractivity contribution in [2.24, 2.45) is 0 Å². The summed E-state index contributed by atoms with van der Waals surface area (Å²) in [5, 5.41) is 3.22. The van der Waals surface area contributed by atoms with Gasteiger partial charge in [0, 0.05) is 24.2 Å². The van der Waals surface area contributed by atoms with E-state index in [1.165, 1.54) is 6.07 Å². The number of nitrogens with zero attached hydrogens (tertiary/aromatic N) is 1. The highest BCUT2D eigenvalue weighted by Gasteiger charge is 2.21. The first-order valence-electron chi connectivity index (χ1n) is 6.72. The summed E-state index contributed by atoms with van der Waals surface area (Å²) in [5.41, 5.74) is 0.775. The van der Waals surface area contributed by atoms with Crippen LogP contribution in [-0.4, -0.2) is 31.6 Å². The van der Waals surface area contributed by atoms with Crippen molar-refractivity contribution in [2.45, 2.75) is 38.8 Å². The van der Waals surface area contributed by atoms with Crippen LogP contribution in [0.3, 0.4) is 0 Å². The molecule has 0 heterocycles. The van der Waals surface area contributed by atoms with Crippen LogP contribution in [0.15, 0.2) is 24.3 Å². The molecule has 0 spiro atoms. The molecule has 0 aromatic heterocycles. The van der Waals surface area contributed by atoms with Gasteiger partial charge in [-0.25, -0.2) is 4.39 Å². The standard InChI is InChI=1S/C15H25FN2/c1-5-8-13(11-17-3)18(4)12(2)14-9-6-7-10-15(14)16/h6-7,9-10,12-13,17H,5,8,11H2,1-4H3. The number of hydrogen-bond acceptors (Lipinski definition) is 2. The van der Waals surface area contributed by atoms with Crippen molar-refractivity contribution < 1.29 is 4.39 Å². The number of likely N-dealkylation sites (N-methyl/N-ethyl adjacent to an activating group) is 2. The fourth-order valence-electron chi connectivity index (χ4n) is 2.37. The molecular formula is C15H25FN2. The molecule has 0 saturated carbocycles. The molecule has 1 N–H and O–H groups in total. The minimum absolute atomic E-state index is 0.0936. The summed E-state index contributed by atoms with van der Waals surface area (Å²) in [6.07, 6.45) is 2.26. The van der Waals surface area contributed by atoms with E-state index < -0.39 is 0 Å². The van der Waals surface area contributed by atoms with Crippen molar-refractivity contribution in [3.8, 4) is 0 Å². The molecule has 0 amide bonds. The number of halogens is 1. The summed E-state index contributed by atoms with van der Waals surface area (Å²) in [6.45, 7) is 5.18. The lowest BCUT2D eigenvalue weighted by Gasteiger charge is -2.33. The molecule has 0 aliphatic rings. The second-order valence-corrected chi connectivity index (χ2v) is 4.86. The number of nitrogens with one attached hydrogen (secondary N) is 1. The lowest BCUT2D eigenvalue weighted by atomic mass is 10.0. The van der Waals surface area contributed by atoms with Gasteiger partial charge in [-0.1, -0.05) is 31.5 Å². The second-order valence-electron chi connectivity index (χ2n) is 4.86. The molecule has 0 aliphatic carbocycles. The molecule has 0 aliphatic heterocycles. The smallest absolute Gasteiger partial charge is 0.127 e. The summed E-state index contributed by atoms with van der Waals surface area (Å²) >= 11 is 0. The minimum atomic E-state index is -0.114. The molecule has 0 radical (unpaired) electrons. The highest BCUT2D eigenvalue weighted by atomic mass is 19.1. The van der Waals surface area contributed by atoms with E-state index in [1.807, 2.05) is 19.2 Å². The van der Waals surface area contributed by atoms with Gasteiger partial charge in [0.15, 0.2) is 0 Å². The predicted octanol–water partition coefficient (Wildman–Crippen LogP) is 3.21. The largest absolute Gasteiger partial charge is 0.318 e. The van der Waals surface area contributed by atoms with Crippen molar-refractivity contribution in [2.75, 3.05) is 20.6 Å². The van der Waals surface area contributed by atoms with Crippen molar-refractivity contribution in [1.82, 2.24) is 10.2 Å². The van der Waals surface area contributed by atoms with Gasteiger partial charge < -0.3 is 5.32 Å². The normalized spacial score (nSPS) is 14.8. The van der Waals surface area contributed by atoms with Crippen LogP contribution in [0.1, 0.15) is 38.3 Å². The Labute approximate surface area is 110 Å². The zero-order valence-electron chi connectivity index (χ0n) is 11.9. The molecule has 0 fully saturated rings. The number of rotatable bonds is 7. The van der Waals surface area contributed by atoms with E-state index in [9.17, 15) is 4.39 Å². The lowest BCUT2D eigenvalue weighted by molar-refractivity contribution is 0.170. The molecule has 2 atom stereocenters. The molecule has 2 nitrogen and oxygen atoms in total. The molecule has 102 valence electrons. The van der Waals surface area contributed by atoms with Gasteiger partial charge in [0.2, 0.25) is 0 Å². The zero-order valence-corrected chi connectivity index (χ0v) is 11.9. The van der Waals surface area contributed by atoms with E-state index >= 15 is 0 Å². The van der Waals surface area contributed by atoms with Crippen molar-refractivity contribution >= 4 is 0 Å². The zero-order chi connectivity index (χ0) is 13.5. The molecular weight excluding hydrogens is 227 g/mol. The van der Waals surface area contributed by atoms with E-state index in [2.05, 4.69) is 31.1 Å². The Balaban J connectivity index is 2.81. The van der Waals surface area contributed by atoms with Crippen molar-refractivity contribution in [3.05, 3.63) is 35.6 Å². The lowest BCUT2D eigenvalue weighted by Crippen LogP contribution is -2.40. The van der Waals surface area contributed by atoms with Crippen LogP contribution >= 0.6 is 0 Å². The highest BCUT2D eigenvalue weighted by molar-refractivity contribution is 5.20. The fourth-order valence-corrected chi connectivity index (χ4v) is 2.37. The molecule has 18 heavy (non-hydrogen) atoms. The topological polar surface area (TPSA) is 15.3 Å². The molecule has 1 aromatic carbocycles. The SMILES string of the molecule is CCCC(CNC)N(C)C(C)c1ccccc1F. The fraction of sp³-hybridized carbons (Fsp3) is 0.600. The first kappa shape index (κ1) is 15.1. The average molecular weight is 252 g/mol. The summed E-state index contributed by atoms with van der Waals surface area (Å²) < 4.78 is 13.8. The molecule has 0 bridgehead atoms. The van der Waals surface area contributed by atoms with E-state index in [0.29, 0.717) is 6.04 Å². The first-order chi connectivity index (χ1) is 8.61. The summed E-state index contributed by atoms with van der Waals surface area (Å²) in [7, 11) is 4.04. The Hall–Kier alpha value is -0.930. The van der Waals surface area contributed by atoms with E-state index in [-0.39, 0.29) is 11.9 Å². The third-order valence-electron chi connectivity index (χ3n) is 3.60. The van der Waals surface area contributed by atoms with Crippen LogP contribution in [0.5, 0.6) is 0 Å².